The number of rotatable bonds is 4. The highest BCUT2D eigenvalue weighted by Crippen LogP contribution is 2.34. The summed E-state index contributed by atoms with van der Waals surface area (Å²) in [4.78, 5) is 11.9. The maximum Gasteiger partial charge on any atom is 0.374 e. The lowest BCUT2D eigenvalue weighted by atomic mass is 9.91. The van der Waals surface area contributed by atoms with Gasteiger partial charge in [0.05, 0.1) is 6.61 Å². The number of esters is 1. The molecule has 0 aromatic heterocycles. The van der Waals surface area contributed by atoms with E-state index in [1.54, 1.807) is 19.1 Å². The van der Waals surface area contributed by atoms with Gasteiger partial charge in [0.2, 0.25) is 5.76 Å². The van der Waals surface area contributed by atoms with Crippen molar-refractivity contribution in [2.24, 2.45) is 0 Å². The van der Waals surface area contributed by atoms with Crippen LogP contribution in [0.3, 0.4) is 0 Å². The Kier molecular flexibility index (Phi) is 5.00. The number of nitrogens with zero attached hydrogens (tertiary/aromatic N) is 1. The minimum Gasteiger partial charge on any atom is -0.501 e. The standard InChI is InChI=1S/C22H17NO3/c1-2-26-22(25)21(24)20(14-23)19-12-6-5-11-18(19)17-13-7-9-15-8-3-4-10-16(15)17/h3-13,24H,2H2,1H3. The molecule has 0 heterocycles. The first-order valence-corrected chi connectivity index (χ1v) is 8.25. The largest absolute Gasteiger partial charge is 0.501 e. The summed E-state index contributed by atoms with van der Waals surface area (Å²) in [6, 6.07) is 23.0. The van der Waals surface area contributed by atoms with Crippen molar-refractivity contribution >= 4 is 22.3 Å². The highest BCUT2D eigenvalue weighted by molar-refractivity contribution is 6.04. The van der Waals surface area contributed by atoms with E-state index in [0.717, 1.165) is 21.9 Å². The van der Waals surface area contributed by atoms with Gasteiger partial charge in [-0.25, -0.2) is 4.79 Å². The SMILES string of the molecule is CCOC(=O)C(O)=C(C#N)c1ccccc1-c1cccc2ccccc12. The number of ether oxygens (including phenoxy) is 1. The zero-order valence-electron chi connectivity index (χ0n) is 14.3. The third kappa shape index (κ3) is 3.15. The Morgan fingerprint density at radius 1 is 1.00 bits per heavy atom. The van der Waals surface area contributed by atoms with Crippen molar-refractivity contribution in [2.45, 2.75) is 6.92 Å². The normalized spacial score (nSPS) is 11.5. The first kappa shape index (κ1) is 17.2. The van der Waals surface area contributed by atoms with Crippen molar-refractivity contribution in [3.8, 4) is 17.2 Å². The van der Waals surface area contributed by atoms with Crippen LogP contribution < -0.4 is 0 Å². The lowest BCUT2D eigenvalue weighted by Gasteiger charge is -2.12. The van der Waals surface area contributed by atoms with E-state index in [1.165, 1.54) is 0 Å². The van der Waals surface area contributed by atoms with E-state index >= 15 is 0 Å². The molecule has 26 heavy (non-hydrogen) atoms. The van der Waals surface area contributed by atoms with Crippen LogP contribution in [0.4, 0.5) is 0 Å². The Labute approximate surface area is 151 Å². The average Bonchev–Trinajstić information content (AvgIpc) is 2.68. The van der Waals surface area contributed by atoms with Gasteiger partial charge < -0.3 is 9.84 Å². The zero-order chi connectivity index (χ0) is 18.5. The molecule has 0 amide bonds. The number of fused-ring (bicyclic) bond motifs is 1. The number of hydrogen-bond donors (Lipinski definition) is 1. The van der Waals surface area contributed by atoms with Gasteiger partial charge in [-0.05, 0) is 28.8 Å². The summed E-state index contributed by atoms with van der Waals surface area (Å²) in [5, 5.41) is 21.9. The lowest BCUT2D eigenvalue weighted by molar-refractivity contribution is -0.141. The predicted molar refractivity (Wildman–Crippen MR) is 101 cm³/mol. The molecule has 0 aliphatic carbocycles. The lowest BCUT2D eigenvalue weighted by Crippen LogP contribution is -2.09. The van der Waals surface area contributed by atoms with Crippen molar-refractivity contribution in [3.05, 3.63) is 78.1 Å². The molecule has 0 saturated carbocycles. The van der Waals surface area contributed by atoms with E-state index in [0.29, 0.717) is 5.56 Å². The van der Waals surface area contributed by atoms with Gasteiger partial charge in [-0.1, -0.05) is 66.7 Å². The van der Waals surface area contributed by atoms with Crippen LogP contribution in [0.15, 0.2) is 72.5 Å². The van der Waals surface area contributed by atoms with E-state index < -0.39 is 11.7 Å². The van der Waals surface area contributed by atoms with Gasteiger partial charge in [0.1, 0.15) is 11.6 Å². The third-order valence-electron chi connectivity index (χ3n) is 4.09. The molecular weight excluding hydrogens is 326 g/mol. The highest BCUT2D eigenvalue weighted by Gasteiger charge is 2.20. The predicted octanol–water partition coefficient (Wildman–Crippen LogP) is 4.86. The second-order valence-electron chi connectivity index (χ2n) is 5.63. The summed E-state index contributed by atoms with van der Waals surface area (Å²) < 4.78 is 4.83. The Hall–Kier alpha value is -3.58. The second-order valence-corrected chi connectivity index (χ2v) is 5.63. The number of nitriles is 1. The topological polar surface area (TPSA) is 70.3 Å². The summed E-state index contributed by atoms with van der Waals surface area (Å²) in [6.45, 7) is 1.76. The minimum absolute atomic E-state index is 0.105. The number of carbonyl (C=O) groups is 1. The molecule has 1 N–H and O–H groups in total. The second kappa shape index (κ2) is 7.54. The summed E-state index contributed by atoms with van der Waals surface area (Å²) in [7, 11) is 0. The van der Waals surface area contributed by atoms with Crippen LogP contribution in [0, 0.1) is 11.3 Å². The van der Waals surface area contributed by atoms with Gasteiger partial charge in [0.15, 0.2) is 0 Å². The van der Waals surface area contributed by atoms with E-state index in [4.69, 9.17) is 4.74 Å². The van der Waals surface area contributed by atoms with Crippen LogP contribution in [0.2, 0.25) is 0 Å². The molecule has 4 nitrogen and oxygen atoms in total. The number of aliphatic hydroxyl groups excluding tert-OH is 1. The number of carbonyl (C=O) groups excluding carboxylic acids is 1. The Morgan fingerprint density at radius 2 is 1.65 bits per heavy atom. The van der Waals surface area contributed by atoms with E-state index in [1.807, 2.05) is 60.7 Å². The maximum absolute atomic E-state index is 11.9. The smallest absolute Gasteiger partial charge is 0.374 e. The average molecular weight is 343 g/mol. The first-order chi connectivity index (χ1) is 12.7. The molecule has 3 rings (SSSR count). The van der Waals surface area contributed by atoms with Crippen LogP contribution >= 0.6 is 0 Å². The summed E-state index contributed by atoms with van der Waals surface area (Å²) in [6.07, 6.45) is 0. The van der Waals surface area contributed by atoms with Gasteiger partial charge >= 0.3 is 5.97 Å². The molecule has 0 radical (unpaired) electrons. The van der Waals surface area contributed by atoms with Crippen LogP contribution in [-0.2, 0) is 9.53 Å². The molecule has 0 unspecified atom stereocenters. The molecule has 3 aromatic carbocycles. The molecule has 0 aliphatic rings. The summed E-state index contributed by atoms with van der Waals surface area (Å²) in [5.74, 6) is -1.58. The molecule has 128 valence electrons. The Bertz CT molecular complexity index is 1040. The molecule has 0 aliphatic heterocycles. The van der Waals surface area contributed by atoms with Crippen molar-refractivity contribution in [2.75, 3.05) is 6.61 Å². The van der Waals surface area contributed by atoms with Gasteiger partial charge in [0, 0.05) is 5.56 Å². The molecule has 0 fully saturated rings. The van der Waals surface area contributed by atoms with Crippen molar-refractivity contribution in [1.29, 1.82) is 5.26 Å². The maximum atomic E-state index is 11.9. The quantitative estimate of drug-likeness (QED) is 0.318. The fourth-order valence-electron chi connectivity index (χ4n) is 2.94. The molecule has 0 atom stereocenters. The fourth-order valence-corrected chi connectivity index (χ4v) is 2.94. The number of allylic oxidation sites excluding steroid dienone is 1. The fraction of sp³-hybridized carbons (Fsp3) is 0.0909. The summed E-state index contributed by atoms with van der Waals surface area (Å²) in [5.41, 5.74) is 2.06. The van der Waals surface area contributed by atoms with Crippen LogP contribution in [-0.4, -0.2) is 17.7 Å². The number of aliphatic hydroxyl groups is 1. The highest BCUT2D eigenvalue weighted by atomic mass is 16.5. The Morgan fingerprint density at radius 3 is 2.42 bits per heavy atom. The summed E-state index contributed by atoms with van der Waals surface area (Å²) >= 11 is 0. The Balaban J connectivity index is 2.25. The molecule has 0 bridgehead atoms. The molecule has 0 spiro atoms. The van der Waals surface area contributed by atoms with Gasteiger partial charge in [-0.2, -0.15) is 5.26 Å². The van der Waals surface area contributed by atoms with E-state index in [2.05, 4.69) is 0 Å². The zero-order valence-corrected chi connectivity index (χ0v) is 14.3. The van der Waals surface area contributed by atoms with Crippen LogP contribution in [0.25, 0.3) is 27.5 Å². The monoisotopic (exact) mass is 343 g/mol. The van der Waals surface area contributed by atoms with E-state index in [-0.39, 0.29) is 12.2 Å². The van der Waals surface area contributed by atoms with Gasteiger partial charge in [-0.3, -0.25) is 0 Å². The van der Waals surface area contributed by atoms with Crippen molar-refractivity contribution < 1.29 is 14.6 Å². The first-order valence-electron chi connectivity index (χ1n) is 8.25. The molecule has 0 saturated heterocycles. The van der Waals surface area contributed by atoms with Gasteiger partial charge in [0.25, 0.3) is 0 Å². The van der Waals surface area contributed by atoms with Gasteiger partial charge in [-0.15, -0.1) is 0 Å². The molecular formula is C22H17NO3. The van der Waals surface area contributed by atoms with E-state index in [9.17, 15) is 15.2 Å². The number of hydrogen-bond acceptors (Lipinski definition) is 4. The van der Waals surface area contributed by atoms with Crippen LogP contribution in [0.1, 0.15) is 12.5 Å². The van der Waals surface area contributed by atoms with Crippen LogP contribution in [0.5, 0.6) is 0 Å². The molecule has 3 aromatic rings. The minimum atomic E-state index is -0.906. The van der Waals surface area contributed by atoms with Crippen molar-refractivity contribution in [3.63, 3.8) is 0 Å². The number of benzene rings is 3. The third-order valence-corrected chi connectivity index (χ3v) is 4.09. The molecule has 4 heteroatoms. The van der Waals surface area contributed by atoms with Crippen molar-refractivity contribution in [1.82, 2.24) is 0 Å².